The first-order valence-corrected chi connectivity index (χ1v) is 8.69. The average Bonchev–Trinajstić information content (AvgIpc) is 3.02. The van der Waals surface area contributed by atoms with Crippen molar-refractivity contribution in [3.8, 4) is 11.5 Å². The number of rotatable bonds is 2. The summed E-state index contributed by atoms with van der Waals surface area (Å²) in [5.74, 6) is 1.89. The van der Waals surface area contributed by atoms with E-state index in [1.807, 2.05) is 6.07 Å². The Hall–Kier alpha value is -2.24. The van der Waals surface area contributed by atoms with Gasteiger partial charge in [0.2, 0.25) is 0 Å². The molecule has 2 aliphatic rings. The van der Waals surface area contributed by atoms with Crippen molar-refractivity contribution in [2.75, 3.05) is 13.1 Å². The van der Waals surface area contributed by atoms with Gasteiger partial charge >= 0.3 is 0 Å². The van der Waals surface area contributed by atoms with Crippen LogP contribution in [0, 0.1) is 5.92 Å². The van der Waals surface area contributed by atoms with Crippen molar-refractivity contribution < 1.29 is 0 Å². The molecule has 3 heterocycles. The fraction of sp³-hybridized carbons (Fsp3) is 0.368. The zero-order chi connectivity index (χ0) is 16.1. The number of nitrogens with zero attached hydrogens (tertiary/aromatic N) is 2. The summed E-state index contributed by atoms with van der Waals surface area (Å²) in [6, 6.07) is 8.93. The first kappa shape index (κ1) is 14.1. The number of nitrogens with one attached hydrogen (secondary N) is 2. The highest BCUT2D eigenvalue weighted by Crippen LogP contribution is 2.44. The van der Waals surface area contributed by atoms with Crippen LogP contribution >= 0.6 is 0 Å². The monoisotopic (exact) mass is 319 g/mol. The van der Waals surface area contributed by atoms with Crippen LogP contribution in [-0.4, -0.2) is 34.1 Å². The Bertz CT molecular complexity index is 885. The largest absolute Gasteiger partial charge is 0.352 e. The highest BCUT2D eigenvalue weighted by molar-refractivity contribution is 5.93. The lowest BCUT2D eigenvalue weighted by molar-refractivity contribution is 0.273. The van der Waals surface area contributed by atoms with Crippen molar-refractivity contribution in [2.45, 2.75) is 24.8 Å². The van der Waals surface area contributed by atoms with Crippen LogP contribution in [0.25, 0.3) is 22.4 Å². The van der Waals surface area contributed by atoms with Gasteiger partial charge in [0.05, 0.1) is 5.69 Å². The Morgan fingerprint density at radius 2 is 2.04 bits per heavy atom. The van der Waals surface area contributed by atoms with E-state index in [2.05, 4.69) is 38.5 Å². The zero-order valence-electron chi connectivity index (χ0n) is 13.5. The van der Waals surface area contributed by atoms with Crippen LogP contribution in [0.4, 0.5) is 0 Å². The molecule has 122 valence electrons. The maximum atomic E-state index is 5.93. The van der Waals surface area contributed by atoms with Gasteiger partial charge < -0.3 is 16.0 Å². The smallest absolute Gasteiger partial charge is 0.176 e. The van der Waals surface area contributed by atoms with E-state index < -0.39 is 0 Å². The van der Waals surface area contributed by atoms with Crippen LogP contribution in [0.2, 0.25) is 0 Å². The minimum absolute atomic E-state index is 0.476. The molecule has 1 unspecified atom stereocenters. The fourth-order valence-electron chi connectivity index (χ4n) is 4.50. The molecule has 1 aromatic carbocycles. The maximum absolute atomic E-state index is 5.93. The summed E-state index contributed by atoms with van der Waals surface area (Å²) < 4.78 is 0. The minimum atomic E-state index is 0.476. The Morgan fingerprint density at radius 3 is 2.88 bits per heavy atom. The van der Waals surface area contributed by atoms with Crippen molar-refractivity contribution in [3.63, 3.8) is 0 Å². The Kier molecular flexibility index (Phi) is 3.18. The summed E-state index contributed by atoms with van der Waals surface area (Å²) in [7, 11) is 0. The molecule has 1 aliphatic carbocycles. The van der Waals surface area contributed by atoms with E-state index >= 15 is 0 Å². The molecule has 1 saturated heterocycles. The summed E-state index contributed by atoms with van der Waals surface area (Å²) in [6.07, 6.45) is 5.80. The van der Waals surface area contributed by atoms with Crippen molar-refractivity contribution in [1.29, 1.82) is 0 Å². The number of piperidine rings is 1. The molecule has 0 spiro atoms. The van der Waals surface area contributed by atoms with Gasteiger partial charge in [0.1, 0.15) is 0 Å². The Morgan fingerprint density at radius 1 is 1.17 bits per heavy atom. The second-order valence-electron chi connectivity index (χ2n) is 6.98. The van der Waals surface area contributed by atoms with Gasteiger partial charge in [-0.05, 0) is 55.1 Å². The molecule has 1 aliphatic heterocycles. The number of H-pyrrole nitrogens is 1. The van der Waals surface area contributed by atoms with Gasteiger partial charge in [0.15, 0.2) is 5.82 Å². The molecule has 0 saturated carbocycles. The molecule has 3 atom stereocenters. The first-order chi connectivity index (χ1) is 11.8. The minimum Gasteiger partial charge on any atom is -0.352 e. The van der Waals surface area contributed by atoms with Crippen LogP contribution in [0.5, 0.6) is 0 Å². The van der Waals surface area contributed by atoms with Gasteiger partial charge in [0.25, 0.3) is 0 Å². The van der Waals surface area contributed by atoms with Gasteiger partial charge in [-0.2, -0.15) is 0 Å². The second-order valence-corrected chi connectivity index (χ2v) is 6.98. The third kappa shape index (κ3) is 2.01. The average molecular weight is 319 g/mol. The van der Waals surface area contributed by atoms with Crippen LogP contribution in [0.3, 0.4) is 0 Å². The fourth-order valence-corrected chi connectivity index (χ4v) is 4.50. The van der Waals surface area contributed by atoms with Gasteiger partial charge in [-0.15, -0.1) is 0 Å². The third-order valence-corrected chi connectivity index (χ3v) is 5.65. The number of aromatic nitrogens is 3. The van der Waals surface area contributed by atoms with E-state index in [1.54, 1.807) is 12.4 Å². The van der Waals surface area contributed by atoms with Gasteiger partial charge in [-0.1, -0.05) is 12.1 Å². The molecule has 5 rings (SSSR count). The van der Waals surface area contributed by atoms with Crippen molar-refractivity contribution >= 4 is 10.9 Å². The molecule has 1 fully saturated rings. The van der Waals surface area contributed by atoms with Gasteiger partial charge in [-0.3, -0.25) is 0 Å². The summed E-state index contributed by atoms with van der Waals surface area (Å²) in [5, 5.41) is 5.12. The number of benzene rings is 1. The lowest BCUT2D eigenvalue weighted by atomic mass is 9.73. The van der Waals surface area contributed by atoms with Crippen molar-refractivity contribution in [3.05, 3.63) is 47.8 Å². The van der Waals surface area contributed by atoms with Gasteiger partial charge in [0, 0.05) is 35.3 Å². The number of hydrogen-bond donors (Lipinski definition) is 3. The summed E-state index contributed by atoms with van der Waals surface area (Å²) in [4.78, 5) is 12.5. The van der Waals surface area contributed by atoms with Crippen LogP contribution in [0.15, 0.2) is 36.7 Å². The van der Waals surface area contributed by atoms with E-state index in [1.165, 1.54) is 28.5 Å². The van der Waals surface area contributed by atoms with E-state index in [-0.39, 0.29) is 0 Å². The number of nitrogens with two attached hydrogens (primary N) is 1. The Labute approximate surface area is 140 Å². The molecule has 4 N–H and O–H groups in total. The molecule has 0 amide bonds. The highest BCUT2D eigenvalue weighted by atomic mass is 15.0. The molecule has 24 heavy (non-hydrogen) atoms. The first-order valence-electron chi connectivity index (χ1n) is 8.69. The lowest BCUT2D eigenvalue weighted by Gasteiger charge is -2.40. The normalized spacial score (nSPS) is 25.6. The summed E-state index contributed by atoms with van der Waals surface area (Å²) in [5.41, 5.74) is 11.0. The zero-order valence-corrected chi connectivity index (χ0v) is 13.5. The second kappa shape index (κ2) is 5.40. The third-order valence-electron chi connectivity index (χ3n) is 5.65. The standard InChI is InChI=1S/C19H21N5/c20-9-11-7-13-12-3-1-4-15-17(12)14(8-16(13)23-10-11)18(24-15)19-21-5-2-6-22-19/h1-6,11,13,16,23-24H,7-10,20H2/t11?,13-,16-/m1/s1. The van der Waals surface area contributed by atoms with E-state index in [0.29, 0.717) is 17.9 Å². The SMILES string of the molecule is NCC1CN[C@@H]2Cc3c(-c4ncccn4)[nH]c4cccc(c34)[C@H]2C1. The lowest BCUT2D eigenvalue weighted by Crippen LogP contribution is -2.48. The molecule has 3 aromatic rings. The predicted molar refractivity (Wildman–Crippen MR) is 94.7 cm³/mol. The van der Waals surface area contributed by atoms with E-state index in [0.717, 1.165) is 31.0 Å². The highest BCUT2D eigenvalue weighted by Gasteiger charge is 2.37. The predicted octanol–water partition coefficient (Wildman–Crippen LogP) is 2.20. The summed E-state index contributed by atoms with van der Waals surface area (Å²) in [6.45, 7) is 1.78. The molecule has 0 bridgehead atoms. The molecule has 5 nitrogen and oxygen atoms in total. The quantitative estimate of drug-likeness (QED) is 0.676. The number of hydrogen-bond acceptors (Lipinski definition) is 4. The molecule has 5 heteroatoms. The maximum Gasteiger partial charge on any atom is 0.176 e. The van der Waals surface area contributed by atoms with E-state index in [9.17, 15) is 0 Å². The molecule has 0 radical (unpaired) electrons. The topological polar surface area (TPSA) is 79.6 Å². The van der Waals surface area contributed by atoms with E-state index in [4.69, 9.17) is 5.73 Å². The van der Waals surface area contributed by atoms with Crippen LogP contribution < -0.4 is 11.1 Å². The number of fused-ring (bicyclic) bond motifs is 2. The molecule has 2 aromatic heterocycles. The van der Waals surface area contributed by atoms with Crippen LogP contribution in [-0.2, 0) is 6.42 Å². The van der Waals surface area contributed by atoms with Gasteiger partial charge in [-0.25, -0.2) is 9.97 Å². The molecular weight excluding hydrogens is 298 g/mol. The number of aromatic amines is 1. The molecular formula is C19H21N5. The van der Waals surface area contributed by atoms with Crippen molar-refractivity contribution in [1.82, 2.24) is 20.3 Å². The van der Waals surface area contributed by atoms with Crippen LogP contribution in [0.1, 0.15) is 23.5 Å². The Balaban J connectivity index is 1.70. The van der Waals surface area contributed by atoms with Crippen molar-refractivity contribution in [2.24, 2.45) is 11.7 Å². The summed E-state index contributed by atoms with van der Waals surface area (Å²) >= 11 is 0.